The van der Waals surface area contributed by atoms with Crippen molar-refractivity contribution in [1.82, 2.24) is 5.32 Å². The molecule has 0 unspecified atom stereocenters. The fraction of sp³-hybridized carbons (Fsp3) is 0.429. The zero-order chi connectivity index (χ0) is 15.0. The van der Waals surface area contributed by atoms with E-state index in [1.807, 2.05) is 13.8 Å². The molecule has 0 aromatic heterocycles. The summed E-state index contributed by atoms with van der Waals surface area (Å²) in [6, 6.07) is 7.17. The number of ether oxygens (including phenoxy) is 1. The van der Waals surface area contributed by atoms with Crippen LogP contribution < -0.4 is 16.0 Å². The molecule has 6 nitrogen and oxygen atoms in total. The predicted octanol–water partition coefficient (Wildman–Crippen LogP) is 1.21. The van der Waals surface area contributed by atoms with Gasteiger partial charge in [0.05, 0.1) is 6.54 Å². The Bertz CT molecular complexity index is 443. The third kappa shape index (κ3) is 6.31. The fourth-order valence-electron chi connectivity index (χ4n) is 1.47. The molecule has 0 aliphatic rings. The lowest BCUT2D eigenvalue weighted by molar-refractivity contribution is -0.119. The molecule has 0 spiro atoms. The average molecular weight is 279 g/mol. The van der Waals surface area contributed by atoms with E-state index >= 15 is 0 Å². The van der Waals surface area contributed by atoms with Gasteiger partial charge in [-0.3, -0.25) is 9.59 Å². The molecule has 0 saturated carbocycles. The predicted molar refractivity (Wildman–Crippen MR) is 78.7 cm³/mol. The number of methoxy groups -OCH3 is 1. The van der Waals surface area contributed by atoms with Gasteiger partial charge in [0.15, 0.2) is 0 Å². The van der Waals surface area contributed by atoms with Crippen LogP contribution >= 0.6 is 0 Å². The lowest BCUT2D eigenvalue weighted by atomic mass is 10.2. The van der Waals surface area contributed by atoms with Crippen LogP contribution in [0.15, 0.2) is 24.3 Å². The van der Waals surface area contributed by atoms with E-state index < -0.39 is 0 Å². The maximum Gasteiger partial charge on any atom is 0.250 e. The standard InChI is InChI=1S/C14H21N3O3/c1-10(2)15-8-13(18)16-11-4-6-12(7-5-11)17-14(19)9-20-3/h4-7,10,15H,8-9H2,1-3H3,(H,16,18)(H,17,19). The van der Waals surface area contributed by atoms with Gasteiger partial charge in [-0.15, -0.1) is 0 Å². The maximum atomic E-state index is 11.6. The second-order valence-corrected chi connectivity index (χ2v) is 4.64. The smallest absolute Gasteiger partial charge is 0.250 e. The van der Waals surface area contributed by atoms with Gasteiger partial charge in [0.1, 0.15) is 6.61 Å². The van der Waals surface area contributed by atoms with Crippen LogP contribution in [0, 0.1) is 0 Å². The van der Waals surface area contributed by atoms with E-state index in [9.17, 15) is 9.59 Å². The van der Waals surface area contributed by atoms with Gasteiger partial charge >= 0.3 is 0 Å². The Morgan fingerprint density at radius 1 is 1.05 bits per heavy atom. The molecule has 6 heteroatoms. The van der Waals surface area contributed by atoms with Crippen molar-refractivity contribution in [2.75, 3.05) is 30.9 Å². The van der Waals surface area contributed by atoms with Crippen LogP contribution in [-0.2, 0) is 14.3 Å². The highest BCUT2D eigenvalue weighted by Gasteiger charge is 2.04. The summed E-state index contributed by atoms with van der Waals surface area (Å²) in [6.45, 7) is 4.24. The highest BCUT2D eigenvalue weighted by atomic mass is 16.5. The number of nitrogens with one attached hydrogen (secondary N) is 3. The molecule has 20 heavy (non-hydrogen) atoms. The number of anilines is 2. The van der Waals surface area contributed by atoms with Gasteiger partial charge in [-0.05, 0) is 24.3 Å². The average Bonchev–Trinajstić information content (AvgIpc) is 2.39. The molecule has 1 aromatic rings. The zero-order valence-corrected chi connectivity index (χ0v) is 12.0. The van der Waals surface area contributed by atoms with Gasteiger partial charge in [-0.25, -0.2) is 0 Å². The summed E-state index contributed by atoms with van der Waals surface area (Å²) < 4.78 is 4.72. The molecule has 0 aliphatic heterocycles. The summed E-state index contributed by atoms with van der Waals surface area (Å²) in [7, 11) is 1.46. The first-order chi connectivity index (χ1) is 9.51. The minimum atomic E-state index is -0.217. The van der Waals surface area contributed by atoms with Gasteiger partial charge in [-0.2, -0.15) is 0 Å². The number of amides is 2. The van der Waals surface area contributed by atoms with Crippen molar-refractivity contribution in [2.45, 2.75) is 19.9 Å². The molecule has 0 fully saturated rings. The van der Waals surface area contributed by atoms with Crippen molar-refractivity contribution in [2.24, 2.45) is 0 Å². The van der Waals surface area contributed by atoms with E-state index in [1.165, 1.54) is 7.11 Å². The molecular formula is C14H21N3O3. The van der Waals surface area contributed by atoms with E-state index in [0.717, 1.165) is 0 Å². The lowest BCUT2D eigenvalue weighted by Crippen LogP contribution is -2.32. The van der Waals surface area contributed by atoms with Crippen LogP contribution in [0.25, 0.3) is 0 Å². The molecule has 0 atom stereocenters. The quantitative estimate of drug-likeness (QED) is 0.701. The van der Waals surface area contributed by atoms with Crippen LogP contribution in [0.3, 0.4) is 0 Å². The Kier molecular flexibility index (Phi) is 6.69. The van der Waals surface area contributed by atoms with Gasteiger partial charge in [0.2, 0.25) is 11.8 Å². The zero-order valence-electron chi connectivity index (χ0n) is 12.0. The Labute approximate surface area is 118 Å². The van der Waals surface area contributed by atoms with Crippen LogP contribution in [0.4, 0.5) is 11.4 Å². The summed E-state index contributed by atoms with van der Waals surface area (Å²) in [5, 5.41) is 8.47. The van der Waals surface area contributed by atoms with Crippen molar-refractivity contribution >= 4 is 23.2 Å². The summed E-state index contributed by atoms with van der Waals surface area (Å²) in [6.07, 6.45) is 0. The van der Waals surface area contributed by atoms with E-state index in [2.05, 4.69) is 16.0 Å². The minimum absolute atomic E-state index is 0.0133. The number of benzene rings is 1. The largest absolute Gasteiger partial charge is 0.375 e. The second kappa shape index (κ2) is 8.29. The molecule has 0 heterocycles. The minimum Gasteiger partial charge on any atom is -0.375 e. The molecule has 2 amide bonds. The third-order valence-corrected chi connectivity index (χ3v) is 2.40. The topological polar surface area (TPSA) is 79.5 Å². The molecule has 0 bridgehead atoms. The van der Waals surface area contributed by atoms with Gasteiger partial charge in [0, 0.05) is 24.5 Å². The summed E-state index contributed by atoms with van der Waals surface area (Å²) >= 11 is 0. The van der Waals surface area contributed by atoms with Crippen molar-refractivity contribution in [1.29, 1.82) is 0 Å². The Morgan fingerprint density at radius 2 is 1.55 bits per heavy atom. The molecule has 0 radical (unpaired) electrons. The van der Waals surface area contributed by atoms with Gasteiger partial charge in [-0.1, -0.05) is 13.8 Å². The normalized spacial score (nSPS) is 10.4. The van der Waals surface area contributed by atoms with Gasteiger partial charge < -0.3 is 20.7 Å². The molecule has 3 N–H and O–H groups in total. The van der Waals surface area contributed by atoms with E-state index in [4.69, 9.17) is 4.74 Å². The van der Waals surface area contributed by atoms with E-state index in [1.54, 1.807) is 24.3 Å². The Hall–Kier alpha value is -1.92. The number of rotatable bonds is 7. The van der Waals surface area contributed by atoms with E-state index in [0.29, 0.717) is 11.4 Å². The van der Waals surface area contributed by atoms with Crippen molar-refractivity contribution in [3.8, 4) is 0 Å². The molecule has 0 saturated heterocycles. The molecule has 110 valence electrons. The monoisotopic (exact) mass is 279 g/mol. The number of carbonyl (C=O) groups is 2. The highest BCUT2D eigenvalue weighted by molar-refractivity contribution is 5.94. The van der Waals surface area contributed by atoms with Crippen LogP contribution in [0.1, 0.15) is 13.8 Å². The van der Waals surface area contributed by atoms with Gasteiger partial charge in [0.25, 0.3) is 0 Å². The third-order valence-electron chi connectivity index (χ3n) is 2.40. The van der Waals surface area contributed by atoms with Crippen LogP contribution in [0.5, 0.6) is 0 Å². The Balaban J connectivity index is 2.46. The molecule has 1 aromatic carbocycles. The first kappa shape index (κ1) is 16.1. The summed E-state index contributed by atoms with van der Waals surface area (Å²) in [5.41, 5.74) is 1.34. The maximum absolute atomic E-state index is 11.6. The number of hydrogen-bond acceptors (Lipinski definition) is 4. The van der Waals surface area contributed by atoms with Crippen molar-refractivity contribution < 1.29 is 14.3 Å². The summed E-state index contributed by atoms with van der Waals surface area (Å²) in [4.78, 5) is 22.9. The van der Waals surface area contributed by atoms with Crippen molar-refractivity contribution in [3.63, 3.8) is 0 Å². The first-order valence-corrected chi connectivity index (χ1v) is 6.43. The van der Waals surface area contributed by atoms with E-state index in [-0.39, 0.29) is 31.0 Å². The Morgan fingerprint density at radius 3 is 2.00 bits per heavy atom. The lowest BCUT2D eigenvalue weighted by Gasteiger charge is -2.10. The number of hydrogen-bond donors (Lipinski definition) is 3. The molecule has 0 aliphatic carbocycles. The van der Waals surface area contributed by atoms with Crippen molar-refractivity contribution in [3.05, 3.63) is 24.3 Å². The SMILES string of the molecule is COCC(=O)Nc1ccc(NC(=O)CNC(C)C)cc1. The highest BCUT2D eigenvalue weighted by Crippen LogP contribution is 2.13. The van der Waals surface area contributed by atoms with Crippen LogP contribution in [0.2, 0.25) is 0 Å². The summed E-state index contributed by atoms with van der Waals surface area (Å²) in [5.74, 6) is -0.319. The first-order valence-electron chi connectivity index (χ1n) is 6.43. The molecule has 1 rings (SSSR count). The molecular weight excluding hydrogens is 258 g/mol. The number of carbonyl (C=O) groups excluding carboxylic acids is 2. The fourth-order valence-corrected chi connectivity index (χ4v) is 1.47. The second-order valence-electron chi connectivity index (χ2n) is 4.64. The van der Waals surface area contributed by atoms with Crippen LogP contribution in [-0.4, -0.2) is 38.1 Å².